The molecule has 0 aliphatic heterocycles. The van der Waals surface area contributed by atoms with Crippen LogP contribution in [0.5, 0.6) is 5.75 Å². The summed E-state index contributed by atoms with van der Waals surface area (Å²) in [7, 11) is 0. The number of alkyl halides is 2. The van der Waals surface area contributed by atoms with Gasteiger partial charge in [-0.15, -0.1) is 0 Å². The van der Waals surface area contributed by atoms with E-state index in [-0.39, 0.29) is 16.7 Å². The number of hydrogen-bond acceptors (Lipinski definition) is 1. The minimum atomic E-state index is -4.01. The fourth-order valence-corrected chi connectivity index (χ4v) is 3.80. The summed E-state index contributed by atoms with van der Waals surface area (Å²) >= 11 is 0. The monoisotopic (exact) mass is 504 g/mol. The Kier molecular flexibility index (Phi) is 7.06. The first-order valence-electron chi connectivity index (χ1n) is 11.0. The van der Waals surface area contributed by atoms with Crippen molar-refractivity contribution in [3.05, 3.63) is 113 Å². The Bertz CT molecular complexity index is 1370. The molecule has 0 atom stereocenters. The molecule has 0 spiro atoms. The zero-order valence-electron chi connectivity index (χ0n) is 18.9. The summed E-state index contributed by atoms with van der Waals surface area (Å²) in [5.74, 6) is -7.21. The molecule has 0 amide bonds. The van der Waals surface area contributed by atoms with Crippen LogP contribution >= 0.6 is 0 Å². The van der Waals surface area contributed by atoms with E-state index in [1.54, 1.807) is 12.1 Å². The van der Waals surface area contributed by atoms with E-state index in [4.69, 9.17) is 0 Å². The predicted molar refractivity (Wildman–Crippen MR) is 122 cm³/mol. The molecule has 0 unspecified atom stereocenters. The molecule has 186 valence electrons. The molecule has 0 saturated carbocycles. The molecule has 0 aliphatic rings. The van der Waals surface area contributed by atoms with E-state index in [0.29, 0.717) is 17.7 Å². The van der Waals surface area contributed by atoms with Crippen LogP contribution in [0.4, 0.5) is 30.7 Å². The summed E-state index contributed by atoms with van der Waals surface area (Å²) < 4.78 is 102. The molecule has 0 aromatic heterocycles. The Hall–Kier alpha value is -3.81. The van der Waals surface area contributed by atoms with Crippen molar-refractivity contribution in [1.82, 2.24) is 0 Å². The zero-order chi connectivity index (χ0) is 26.0. The average Bonchev–Trinajstić information content (AvgIpc) is 2.82. The smallest absolute Gasteiger partial charge is 0.426 e. The van der Waals surface area contributed by atoms with Crippen LogP contribution in [0.15, 0.2) is 72.8 Å². The van der Waals surface area contributed by atoms with Gasteiger partial charge >= 0.3 is 6.11 Å². The van der Waals surface area contributed by atoms with Crippen molar-refractivity contribution in [3.63, 3.8) is 0 Å². The van der Waals surface area contributed by atoms with E-state index in [0.717, 1.165) is 36.6 Å². The summed E-state index contributed by atoms with van der Waals surface area (Å²) in [6.07, 6.45) is -2.43. The number of halogens is 7. The first kappa shape index (κ1) is 25.3. The molecule has 4 aromatic carbocycles. The molecule has 36 heavy (non-hydrogen) atoms. The molecule has 0 bridgehead atoms. The third-order valence-electron chi connectivity index (χ3n) is 5.59. The molecule has 0 radical (unpaired) electrons. The van der Waals surface area contributed by atoms with Crippen LogP contribution in [0.25, 0.3) is 22.3 Å². The number of benzene rings is 4. The van der Waals surface area contributed by atoms with Crippen LogP contribution in [0.3, 0.4) is 0 Å². The number of aryl methyl sites for hydroxylation is 1. The van der Waals surface area contributed by atoms with Gasteiger partial charge in [-0.05, 0) is 47.4 Å². The highest BCUT2D eigenvalue weighted by atomic mass is 19.3. The van der Waals surface area contributed by atoms with Crippen molar-refractivity contribution in [1.29, 1.82) is 0 Å². The van der Waals surface area contributed by atoms with E-state index < -0.39 is 46.5 Å². The van der Waals surface area contributed by atoms with Crippen LogP contribution in [0, 0.1) is 29.1 Å². The summed E-state index contributed by atoms with van der Waals surface area (Å²) in [4.78, 5) is 0. The van der Waals surface area contributed by atoms with Gasteiger partial charge in [-0.3, -0.25) is 0 Å². The first-order chi connectivity index (χ1) is 17.1. The maximum atomic E-state index is 14.9. The second-order valence-corrected chi connectivity index (χ2v) is 8.16. The van der Waals surface area contributed by atoms with Gasteiger partial charge in [-0.2, -0.15) is 8.78 Å². The van der Waals surface area contributed by atoms with Gasteiger partial charge in [0.2, 0.25) is 0 Å². The van der Waals surface area contributed by atoms with Gasteiger partial charge in [0.25, 0.3) is 0 Å². The maximum absolute atomic E-state index is 14.9. The van der Waals surface area contributed by atoms with Gasteiger partial charge in [0.1, 0.15) is 17.4 Å². The van der Waals surface area contributed by atoms with Crippen molar-refractivity contribution in [3.8, 4) is 28.0 Å². The van der Waals surface area contributed by atoms with Gasteiger partial charge in [0.15, 0.2) is 17.5 Å². The van der Waals surface area contributed by atoms with Gasteiger partial charge in [-0.25, -0.2) is 22.0 Å². The van der Waals surface area contributed by atoms with Crippen LogP contribution < -0.4 is 4.74 Å². The first-order valence-corrected chi connectivity index (χ1v) is 11.0. The van der Waals surface area contributed by atoms with Gasteiger partial charge in [0, 0.05) is 23.3 Å². The highest BCUT2D eigenvalue weighted by molar-refractivity contribution is 5.71. The molecule has 0 N–H and O–H groups in total. The number of rotatable bonds is 7. The quantitative estimate of drug-likeness (QED) is 0.181. The van der Waals surface area contributed by atoms with E-state index in [2.05, 4.69) is 4.74 Å². The molecule has 8 heteroatoms. The lowest BCUT2D eigenvalue weighted by atomic mass is 9.97. The van der Waals surface area contributed by atoms with Crippen LogP contribution in [0.1, 0.15) is 24.5 Å². The fourth-order valence-electron chi connectivity index (χ4n) is 3.80. The van der Waals surface area contributed by atoms with E-state index in [1.807, 2.05) is 6.92 Å². The topological polar surface area (TPSA) is 9.23 Å². The van der Waals surface area contributed by atoms with Crippen molar-refractivity contribution >= 4 is 0 Å². The van der Waals surface area contributed by atoms with Gasteiger partial charge in [-0.1, -0.05) is 49.7 Å². The lowest BCUT2D eigenvalue weighted by molar-refractivity contribution is -0.185. The standard InChI is InChI=1S/C28H19F7O/c1-2-3-16-4-10-22(23(29)12-16)18-7-11-21(24(30)13-18)17-5-8-19(9-6-17)28(34,35)36-20-14-25(31)27(33)26(32)15-20/h4-15H,2-3H2,1H3. The largest absolute Gasteiger partial charge is 0.429 e. The normalized spacial score (nSPS) is 11.6. The van der Waals surface area contributed by atoms with Crippen molar-refractivity contribution in [2.75, 3.05) is 0 Å². The SMILES string of the molecule is CCCc1ccc(-c2ccc(-c3ccc(C(F)(F)Oc4cc(F)c(F)c(F)c4)cc3)c(F)c2)c(F)c1. The lowest BCUT2D eigenvalue weighted by Gasteiger charge is -2.19. The third kappa shape index (κ3) is 5.22. The average molecular weight is 504 g/mol. The van der Waals surface area contributed by atoms with E-state index >= 15 is 0 Å². The highest BCUT2D eigenvalue weighted by Gasteiger charge is 2.35. The molecule has 0 aliphatic carbocycles. The molecule has 0 saturated heterocycles. The van der Waals surface area contributed by atoms with Crippen LogP contribution in [-0.4, -0.2) is 0 Å². The van der Waals surface area contributed by atoms with E-state index in [9.17, 15) is 30.7 Å². The second kappa shape index (κ2) is 10.0. The molecule has 4 aromatic rings. The Morgan fingerprint density at radius 3 is 1.78 bits per heavy atom. The summed E-state index contributed by atoms with van der Waals surface area (Å²) in [6, 6.07) is 13.9. The summed E-state index contributed by atoms with van der Waals surface area (Å²) in [5.41, 5.74) is 1.08. The van der Waals surface area contributed by atoms with E-state index in [1.165, 1.54) is 30.3 Å². The van der Waals surface area contributed by atoms with Crippen molar-refractivity contribution in [2.24, 2.45) is 0 Å². The Morgan fingerprint density at radius 1 is 0.639 bits per heavy atom. The summed E-state index contributed by atoms with van der Waals surface area (Å²) in [6.45, 7) is 1.98. The van der Waals surface area contributed by atoms with Gasteiger partial charge in [0.05, 0.1) is 5.56 Å². The minimum Gasteiger partial charge on any atom is -0.429 e. The molecule has 4 rings (SSSR count). The highest BCUT2D eigenvalue weighted by Crippen LogP contribution is 2.35. The van der Waals surface area contributed by atoms with Crippen molar-refractivity contribution in [2.45, 2.75) is 25.9 Å². The number of hydrogen-bond donors (Lipinski definition) is 0. The zero-order valence-corrected chi connectivity index (χ0v) is 18.9. The summed E-state index contributed by atoms with van der Waals surface area (Å²) in [5, 5.41) is 0. The molecular formula is C28H19F7O. The lowest BCUT2D eigenvalue weighted by Crippen LogP contribution is -2.22. The molecular weight excluding hydrogens is 485 g/mol. The molecule has 0 heterocycles. The fraction of sp³-hybridized carbons (Fsp3) is 0.143. The molecule has 1 nitrogen and oxygen atoms in total. The minimum absolute atomic E-state index is 0.0974. The Morgan fingerprint density at radius 2 is 1.19 bits per heavy atom. The molecule has 0 fully saturated rings. The Labute approximate surface area is 202 Å². The maximum Gasteiger partial charge on any atom is 0.426 e. The Balaban J connectivity index is 1.56. The van der Waals surface area contributed by atoms with Crippen LogP contribution in [-0.2, 0) is 12.5 Å². The third-order valence-corrected chi connectivity index (χ3v) is 5.59. The number of ether oxygens (including phenoxy) is 1. The second-order valence-electron chi connectivity index (χ2n) is 8.16. The van der Waals surface area contributed by atoms with Crippen LogP contribution in [0.2, 0.25) is 0 Å². The predicted octanol–water partition coefficient (Wildman–Crippen LogP) is 8.80. The van der Waals surface area contributed by atoms with Gasteiger partial charge < -0.3 is 4.74 Å². The van der Waals surface area contributed by atoms with Crippen molar-refractivity contribution < 1.29 is 35.5 Å².